The molecule has 5 heterocycles. The van der Waals surface area contributed by atoms with Crippen molar-refractivity contribution in [3.63, 3.8) is 0 Å². The number of nitrogens with zero attached hydrogens (tertiary/aromatic N) is 3. The lowest BCUT2D eigenvalue weighted by atomic mass is 9.77. The molecule has 5 N–H and O–H groups in total. The van der Waals surface area contributed by atoms with Crippen LogP contribution in [0.4, 0.5) is 11.4 Å². The van der Waals surface area contributed by atoms with E-state index in [9.17, 15) is 54.0 Å². The number of anilines is 2. The van der Waals surface area contributed by atoms with Gasteiger partial charge in [-0.1, -0.05) is 52.8 Å². The van der Waals surface area contributed by atoms with E-state index in [1.807, 2.05) is 18.7 Å². The summed E-state index contributed by atoms with van der Waals surface area (Å²) in [6, 6.07) is 3.12. The zero-order chi connectivity index (χ0) is 55.5. The number of ether oxygens (including phenoxy) is 4. The molecule has 20 heteroatoms. The number of rotatable bonds is 11. The summed E-state index contributed by atoms with van der Waals surface area (Å²) in [6.07, 6.45) is 6.54. The van der Waals surface area contributed by atoms with Gasteiger partial charge in [-0.2, -0.15) is 0 Å². The van der Waals surface area contributed by atoms with Gasteiger partial charge in [0.2, 0.25) is 5.43 Å². The third-order valence-corrected chi connectivity index (χ3v) is 15.2. The molecule has 1 aliphatic carbocycles. The van der Waals surface area contributed by atoms with Crippen molar-refractivity contribution in [1.29, 1.82) is 0 Å². The number of aromatic nitrogens is 1. The van der Waals surface area contributed by atoms with Crippen LogP contribution in [0.2, 0.25) is 0 Å². The van der Waals surface area contributed by atoms with Crippen LogP contribution >= 0.6 is 0 Å². The summed E-state index contributed by atoms with van der Waals surface area (Å²) in [5.74, 6) is -9.27. The normalized spacial score (nSPS) is 27.4. The van der Waals surface area contributed by atoms with Crippen LogP contribution < -0.4 is 20.4 Å². The van der Waals surface area contributed by atoms with Crippen LogP contribution in [0.3, 0.4) is 0 Å². The predicted octanol–water partition coefficient (Wildman–Crippen LogP) is 6.13. The lowest BCUT2D eigenvalue weighted by Crippen LogP contribution is -2.47. The first-order valence-corrected chi connectivity index (χ1v) is 25.7. The number of benzene rings is 3. The Morgan fingerprint density at radius 1 is 0.934 bits per heavy atom. The minimum atomic E-state index is -2.07. The molecule has 0 radical (unpaired) electrons. The number of allylic oxidation sites excluding steroid dienone is 3. The van der Waals surface area contributed by atoms with E-state index in [1.54, 1.807) is 45.1 Å². The molecule has 8 rings (SSSR count). The number of ketones is 1. The van der Waals surface area contributed by atoms with Crippen molar-refractivity contribution in [1.82, 2.24) is 9.88 Å². The second-order valence-corrected chi connectivity index (χ2v) is 20.6. The van der Waals surface area contributed by atoms with E-state index in [1.165, 1.54) is 46.1 Å². The van der Waals surface area contributed by atoms with E-state index in [0.717, 1.165) is 0 Å². The Bertz CT molecular complexity index is 3020. The fraction of sp³-hybridized carbons (Fsp3) is 0.500. The van der Waals surface area contributed by atoms with Gasteiger partial charge in [0.05, 0.1) is 48.4 Å². The summed E-state index contributed by atoms with van der Waals surface area (Å²) in [6.45, 7) is 17.0. The highest BCUT2D eigenvalue weighted by molar-refractivity contribution is 6.22. The number of carbonyl (C=O) groups excluding carboxylic acids is 6. The molecular formula is C56H68N4O16. The lowest BCUT2D eigenvalue weighted by Gasteiger charge is -2.37. The second kappa shape index (κ2) is 23.4. The van der Waals surface area contributed by atoms with Crippen LogP contribution in [-0.2, 0) is 38.2 Å². The molecule has 5 bridgehead atoms. The first-order valence-electron chi connectivity index (χ1n) is 25.7. The van der Waals surface area contributed by atoms with Gasteiger partial charge in [-0.15, -0.1) is 0 Å². The van der Waals surface area contributed by atoms with Crippen molar-refractivity contribution in [3.05, 3.63) is 69.6 Å². The number of fused-ring (bicyclic) bond motifs is 14. The van der Waals surface area contributed by atoms with Crippen molar-refractivity contribution >= 4 is 69.4 Å². The maximum absolute atomic E-state index is 14.9. The molecule has 2 aromatic carbocycles. The molecule has 5 aliphatic heterocycles. The zero-order valence-electron chi connectivity index (χ0n) is 44.3. The maximum Gasteiger partial charge on any atom is 0.312 e. The summed E-state index contributed by atoms with van der Waals surface area (Å²) < 4.78 is 30.0. The molecule has 1 fully saturated rings. The van der Waals surface area contributed by atoms with Crippen LogP contribution in [0.15, 0.2) is 57.5 Å². The fourth-order valence-electron chi connectivity index (χ4n) is 10.1. The highest BCUT2D eigenvalue weighted by atomic mass is 16.7. The number of aldehydes is 2. The fourth-order valence-corrected chi connectivity index (χ4v) is 10.1. The molecule has 2 aromatic rings. The number of esters is 2. The average molecular weight is 1050 g/mol. The van der Waals surface area contributed by atoms with Gasteiger partial charge in [0.25, 0.3) is 11.7 Å². The number of nitrogens with one attached hydrogen (secondary N) is 1. The summed E-state index contributed by atoms with van der Waals surface area (Å²) in [5, 5.41) is 48.8. The van der Waals surface area contributed by atoms with Gasteiger partial charge in [-0.25, -0.2) is 4.98 Å². The largest absolute Gasteiger partial charge is 0.507 e. The van der Waals surface area contributed by atoms with Gasteiger partial charge < -0.3 is 63.6 Å². The SMILES string of the molecule is CC(=O)O[C@H]1[C@H](C)[C@H](O)[C@H](C)[C@@H](O)[C@@H](C)/C=C/C=C(/C)C(=O)Nc2c3oc4cc(N5CCN(CCC(=O)OCCCC(C=O)C=O)CC5)cc(O)c4nc-3c3c4c(c(C)c(O)c3c2=O)O[C@](C)(O/C=C/[C@H](C)[C@H]1C)C4=O. The molecule has 76 heavy (non-hydrogen) atoms. The predicted molar refractivity (Wildman–Crippen MR) is 280 cm³/mol. The number of carbonyl (C=O) groups is 6. The minimum Gasteiger partial charge on any atom is -0.507 e. The highest BCUT2D eigenvalue weighted by Crippen LogP contribution is 2.51. The molecule has 0 spiro atoms. The molecule has 0 unspecified atom stereocenters. The summed E-state index contributed by atoms with van der Waals surface area (Å²) >= 11 is 0. The lowest BCUT2D eigenvalue weighted by molar-refractivity contribution is -0.158. The third-order valence-electron chi connectivity index (χ3n) is 15.2. The Balaban J connectivity index is 1.28. The topological polar surface area (TPSA) is 282 Å². The standard InChI is InChI=1S/C56H68N4O16/c1-28-16-23-73-56(9)54(70)43-41-42(49(68)34(7)52(43)76-56)50(69)46(58-55(71)30(3)13-10-12-29(2)47(66)32(5)48(67)33(6)51(31(28)4)74-35(8)63)53-45(41)57-44-38(64)24-37(25-39(44)75-53)60-20-18-59(19-21-60)17-15-40(65)72-22-11-14-36(26-61)27-62/h10,12-13,16,23-29,31-33,36,47-48,51,64,66-68H,11,14-15,17-22H2,1-9H3,(H,58,71)/b12-10+,23-16+,30-13-/t28-,29-,31+,32+,33+,47-,48+,51+,56-/m0/s1. The number of phenolic OH excluding ortho intramolecular Hbond substituents is 2. The van der Waals surface area contributed by atoms with Crippen LogP contribution in [0.1, 0.15) is 90.6 Å². The molecule has 1 saturated heterocycles. The third kappa shape index (κ3) is 11.5. The van der Waals surface area contributed by atoms with Gasteiger partial charge in [-0.05, 0) is 44.6 Å². The number of hydrogen-bond donors (Lipinski definition) is 5. The van der Waals surface area contributed by atoms with Crippen molar-refractivity contribution in [2.45, 2.75) is 106 Å². The molecule has 408 valence electrons. The van der Waals surface area contributed by atoms with Crippen LogP contribution in [0.5, 0.6) is 17.2 Å². The monoisotopic (exact) mass is 1050 g/mol. The van der Waals surface area contributed by atoms with Gasteiger partial charge in [0.15, 0.2) is 11.3 Å². The Hall–Kier alpha value is -7.16. The van der Waals surface area contributed by atoms with E-state index >= 15 is 0 Å². The number of aliphatic hydroxyl groups is 2. The number of Topliss-reactive ketones (excluding diaryl/α,β-unsaturated/α-hetero) is 1. The number of amides is 1. The van der Waals surface area contributed by atoms with Crippen molar-refractivity contribution in [2.75, 3.05) is 49.5 Å². The molecule has 6 aliphatic rings. The number of hydrogen-bond acceptors (Lipinski definition) is 19. The van der Waals surface area contributed by atoms with Crippen molar-refractivity contribution < 1.29 is 72.6 Å². The Labute approximate surface area is 439 Å². The average Bonchev–Trinajstić information content (AvgIpc) is 3.67. The van der Waals surface area contributed by atoms with E-state index in [2.05, 4.69) is 10.2 Å². The van der Waals surface area contributed by atoms with Gasteiger partial charge >= 0.3 is 17.7 Å². The number of piperazine rings is 1. The summed E-state index contributed by atoms with van der Waals surface area (Å²) in [4.78, 5) is 99.4. The smallest absolute Gasteiger partial charge is 0.312 e. The van der Waals surface area contributed by atoms with Crippen LogP contribution in [0.25, 0.3) is 33.3 Å². The molecular weight excluding hydrogens is 985 g/mol. The first kappa shape index (κ1) is 56.6. The Morgan fingerprint density at radius 3 is 2.30 bits per heavy atom. The number of phenols is 2. The summed E-state index contributed by atoms with van der Waals surface area (Å²) in [5.41, 5.74) is -1.10. The van der Waals surface area contributed by atoms with Crippen LogP contribution in [0, 0.1) is 42.4 Å². The zero-order valence-corrected chi connectivity index (χ0v) is 44.3. The van der Waals surface area contributed by atoms with E-state index in [0.29, 0.717) is 63.8 Å². The van der Waals surface area contributed by atoms with E-state index < -0.39 is 100 Å². The molecule has 0 saturated carbocycles. The Kier molecular flexibility index (Phi) is 17.4. The molecule has 9 atom stereocenters. The first-order chi connectivity index (χ1) is 36.0. The van der Waals surface area contributed by atoms with E-state index in [-0.39, 0.29) is 74.6 Å². The molecule has 20 nitrogen and oxygen atoms in total. The molecule has 1 amide bonds. The van der Waals surface area contributed by atoms with Crippen molar-refractivity contribution in [3.8, 4) is 28.7 Å². The molecule has 0 aromatic heterocycles. The van der Waals surface area contributed by atoms with Gasteiger partial charge in [0, 0.05) is 98.7 Å². The minimum absolute atomic E-state index is 0.00678. The quantitative estimate of drug-likeness (QED) is 0.0282. The summed E-state index contributed by atoms with van der Waals surface area (Å²) in [7, 11) is 0. The van der Waals surface area contributed by atoms with Gasteiger partial charge in [0.1, 0.15) is 52.8 Å². The second-order valence-electron chi connectivity index (χ2n) is 20.6. The van der Waals surface area contributed by atoms with Crippen molar-refractivity contribution in [2.24, 2.45) is 35.5 Å². The Morgan fingerprint density at radius 2 is 1.63 bits per heavy atom. The van der Waals surface area contributed by atoms with Crippen LogP contribution in [-0.4, -0.2) is 130 Å². The number of aromatic hydroxyl groups is 2. The maximum atomic E-state index is 14.9. The van der Waals surface area contributed by atoms with E-state index in [4.69, 9.17) is 28.3 Å². The highest BCUT2D eigenvalue weighted by Gasteiger charge is 2.50. The number of aliphatic hydroxyl groups excluding tert-OH is 2. The van der Waals surface area contributed by atoms with Gasteiger partial charge in [-0.3, -0.25) is 28.9 Å².